The van der Waals surface area contributed by atoms with Crippen LogP contribution in [0.1, 0.15) is 26.5 Å². The molecule has 0 spiro atoms. The van der Waals surface area contributed by atoms with Gasteiger partial charge in [-0.25, -0.2) is 4.98 Å². The van der Waals surface area contributed by atoms with Gasteiger partial charge in [0.1, 0.15) is 5.15 Å². The van der Waals surface area contributed by atoms with Crippen LogP contribution in [-0.2, 0) is 7.05 Å². The fourth-order valence-corrected chi connectivity index (χ4v) is 1.97. The molecule has 0 atom stereocenters. The first-order chi connectivity index (χ1) is 9.30. The number of hydrogen-bond donors (Lipinski definition) is 2. The Kier molecular flexibility index (Phi) is 3.81. The molecule has 6 heteroatoms. The largest absolute Gasteiger partial charge is 0.386 e. The van der Waals surface area contributed by atoms with E-state index in [0.717, 1.165) is 10.9 Å². The molecule has 0 bridgehead atoms. The van der Waals surface area contributed by atoms with Gasteiger partial charge in [0.25, 0.3) is 0 Å². The van der Waals surface area contributed by atoms with E-state index in [4.69, 9.17) is 17.0 Å². The Morgan fingerprint density at radius 1 is 1.45 bits per heavy atom. The summed E-state index contributed by atoms with van der Waals surface area (Å²) in [5.41, 5.74) is 1.99. The van der Waals surface area contributed by atoms with Crippen molar-refractivity contribution in [3.63, 3.8) is 0 Å². The van der Waals surface area contributed by atoms with Crippen molar-refractivity contribution >= 4 is 34.3 Å². The number of fused-ring (bicyclic) bond motifs is 1. The molecule has 0 radical (unpaired) electrons. The zero-order chi connectivity index (χ0) is 14.9. The molecule has 0 amide bonds. The summed E-state index contributed by atoms with van der Waals surface area (Å²) >= 11 is 6.18. The van der Waals surface area contributed by atoms with Gasteiger partial charge in [-0.2, -0.15) is 5.10 Å². The van der Waals surface area contributed by atoms with Gasteiger partial charge in [0.2, 0.25) is 0 Å². The number of nitrogens with one attached hydrogen (secondary N) is 2. The molecule has 0 saturated carbocycles. The molecule has 0 aliphatic heterocycles. The van der Waals surface area contributed by atoms with Gasteiger partial charge >= 0.3 is 0 Å². The van der Waals surface area contributed by atoms with Crippen LogP contribution in [0.4, 0.5) is 0 Å². The van der Waals surface area contributed by atoms with Crippen molar-refractivity contribution in [2.24, 2.45) is 7.05 Å². The molecule has 2 heterocycles. The zero-order valence-electron chi connectivity index (χ0n) is 12.0. The lowest BCUT2D eigenvalue weighted by atomic mass is 10.1. The average Bonchev–Trinajstić information content (AvgIpc) is 2.69. The third kappa shape index (κ3) is 3.17. The minimum Gasteiger partial charge on any atom is -0.386 e. The Hall–Kier alpha value is -1.88. The van der Waals surface area contributed by atoms with Crippen LogP contribution in [0.15, 0.2) is 18.5 Å². The number of rotatable bonds is 3. The molecule has 0 aromatic carbocycles. The third-order valence-electron chi connectivity index (χ3n) is 2.68. The summed E-state index contributed by atoms with van der Waals surface area (Å²) in [6.45, 7) is 6.15. The average molecular weight is 292 g/mol. The predicted molar refractivity (Wildman–Crippen MR) is 83.2 cm³/mol. The Morgan fingerprint density at radius 2 is 2.15 bits per heavy atom. The molecule has 20 heavy (non-hydrogen) atoms. The second-order valence-corrected chi connectivity index (χ2v) is 6.03. The van der Waals surface area contributed by atoms with E-state index in [1.54, 1.807) is 10.9 Å². The lowest BCUT2D eigenvalue weighted by Crippen LogP contribution is -2.31. The quantitative estimate of drug-likeness (QED) is 0.675. The molecule has 0 saturated heterocycles. The minimum atomic E-state index is -0.0762. The van der Waals surface area contributed by atoms with Crippen molar-refractivity contribution < 1.29 is 0 Å². The zero-order valence-corrected chi connectivity index (χ0v) is 12.8. The van der Waals surface area contributed by atoms with Crippen molar-refractivity contribution in [2.45, 2.75) is 26.3 Å². The standard InChI is InChI=1S/C14H18ClN5/c1-14(2,3)17-7-9(6-16)11-5-12-10(13(15)18-11)8-20(4)19-12/h5-8,16-17H,1-4H3/b9-7+,16-6?. The number of halogens is 1. The summed E-state index contributed by atoms with van der Waals surface area (Å²) in [4.78, 5) is 4.34. The van der Waals surface area contributed by atoms with Crippen molar-refractivity contribution in [3.8, 4) is 0 Å². The molecular formula is C14H18ClN5. The summed E-state index contributed by atoms with van der Waals surface area (Å²) in [6.07, 6.45) is 4.86. The highest BCUT2D eigenvalue weighted by Crippen LogP contribution is 2.23. The topological polar surface area (TPSA) is 66.6 Å². The van der Waals surface area contributed by atoms with E-state index in [0.29, 0.717) is 16.4 Å². The van der Waals surface area contributed by atoms with Crippen molar-refractivity contribution in [1.82, 2.24) is 20.1 Å². The van der Waals surface area contributed by atoms with Gasteiger partial charge in [-0.1, -0.05) is 11.6 Å². The van der Waals surface area contributed by atoms with Crippen molar-refractivity contribution in [2.75, 3.05) is 0 Å². The van der Waals surface area contributed by atoms with Gasteiger partial charge in [-0.15, -0.1) is 0 Å². The van der Waals surface area contributed by atoms with E-state index in [9.17, 15) is 0 Å². The Morgan fingerprint density at radius 3 is 2.75 bits per heavy atom. The van der Waals surface area contributed by atoms with Gasteiger partial charge < -0.3 is 10.7 Å². The van der Waals surface area contributed by atoms with Gasteiger partial charge in [0.15, 0.2) is 0 Å². The minimum absolute atomic E-state index is 0.0762. The lowest BCUT2D eigenvalue weighted by molar-refractivity contribution is 0.492. The second kappa shape index (κ2) is 5.25. The van der Waals surface area contributed by atoms with E-state index in [-0.39, 0.29) is 5.54 Å². The van der Waals surface area contributed by atoms with Crippen LogP contribution in [0.25, 0.3) is 16.5 Å². The molecule has 2 N–H and O–H groups in total. The highest BCUT2D eigenvalue weighted by atomic mass is 35.5. The van der Waals surface area contributed by atoms with Gasteiger partial charge in [0, 0.05) is 36.8 Å². The number of hydrogen-bond acceptors (Lipinski definition) is 4. The fourth-order valence-electron chi connectivity index (χ4n) is 1.73. The maximum Gasteiger partial charge on any atom is 0.140 e. The molecule has 2 aromatic heterocycles. The fraction of sp³-hybridized carbons (Fsp3) is 0.357. The number of aromatic nitrogens is 3. The number of aryl methyl sites for hydroxylation is 1. The van der Waals surface area contributed by atoms with Gasteiger partial charge in [-0.05, 0) is 26.8 Å². The second-order valence-electron chi connectivity index (χ2n) is 5.67. The number of allylic oxidation sites excluding steroid dienone is 1. The van der Waals surface area contributed by atoms with E-state index >= 15 is 0 Å². The highest BCUT2D eigenvalue weighted by molar-refractivity contribution is 6.34. The Balaban J connectivity index is 2.47. The molecular weight excluding hydrogens is 274 g/mol. The SMILES string of the molecule is Cn1cc2c(Cl)nc(/C(C=N)=C/NC(C)(C)C)cc2n1. The third-order valence-corrected chi connectivity index (χ3v) is 2.97. The normalized spacial score (nSPS) is 12.8. The van der Waals surface area contributed by atoms with E-state index in [1.807, 2.05) is 40.1 Å². The molecule has 2 rings (SSSR count). The number of pyridine rings is 1. The first kappa shape index (κ1) is 14.5. The van der Waals surface area contributed by atoms with Crippen LogP contribution in [0.5, 0.6) is 0 Å². The first-order valence-electron chi connectivity index (χ1n) is 6.29. The maximum absolute atomic E-state index is 7.55. The monoisotopic (exact) mass is 291 g/mol. The smallest absolute Gasteiger partial charge is 0.140 e. The summed E-state index contributed by atoms with van der Waals surface area (Å²) < 4.78 is 1.70. The van der Waals surface area contributed by atoms with E-state index in [2.05, 4.69) is 15.4 Å². The number of nitrogens with zero attached hydrogens (tertiary/aromatic N) is 3. The van der Waals surface area contributed by atoms with Crippen LogP contribution < -0.4 is 5.32 Å². The van der Waals surface area contributed by atoms with Gasteiger partial charge in [-0.3, -0.25) is 4.68 Å². The first-order valence-corrected chi connectivity index (χ1v) is 6.66. The van der Waals surface area contributed by atoms with E-state index < -0.39 is 0 Å². The summed E-state index contributed by atoms with van der Waals surface area (Å²) in [6, 6.07) is 1.84. The predicted octanol–water partition coefficient (Wildman–Crippen LogP) is 3.00. The Bertz CT molecular complexity index is 679. The van der Waals surface area contributed by atoms with Crippen LogP contribution in [0.2, 0.25) is 5.15 Å². The molecule has 0 unspecified atom stereocenters. The molecule has 0 aliphatic carbocycles. The molecule has 2 aromatic rings. The molecule has 5 nitrogen and oxygen atoms in total. The van der Waals surface area contributed by atoms with Crippen molar-refractivity contribution in [1.29, 1.82) is 5.41 Å². The highest BCUT2D eigenvalue weighted by Gasteiger charge is 2.11. The molecule has 0 fully saturated rings. The Labute approximate surface area is 123 Å². The van der Waals surface area contributed by atoms with Gasteiger partial charge in [0.05, 0.1) is 16.6 Å². The van der Waals surface area contributed by atoms with Crippen LogP contribution in [0.3, 0.4) is 0 Å². The maximum atomic E-state index is 7.55. The summed E-state index contributed by atoms with van der Waals surface area (Å²) in [7, 11) is 1.84. The van der Waals surface area contributed by atoms with E-state index in [1.165, 1.54) is 6.21 Å². The molecule has 106 valence electrons. The summed E-state index contributed by atoms with van der Waals surface area (Å²) in [5.74, 6) is 0. The van der Waals surface area contributed by atoms with Crippen LogP contribution in [0, 0.1) is 5.41 Å². The summed E-state index contributed by atoms with van der Waals surface area (Å²) in [5, 5.41) is 16.3. The molecule has 0 aliphatic rings. The van der Waals surface area contributed by atoms with Crippen molar-refractivity contribution in [3.05, 3.63) is 29.3 Å². The van der Waals surface area contributed by atoms with Crippen LogP contribution in [-0.4, -0.2) is 26.5 Å². The van der Waals surface area contributed by atoms with Crippen LogP contribution >= 0.6 is 11.6 Å². The lowest BCUT2D eigenvalue weighted by Gasteiger charge is -2.19.